The summed E-state index contributed by atoms with van der Waals surface area (Å²) in [6.45, 7) is 6.01. The molecule has 0 N–H and O–H groups in total. The molecule has 2 aromatic rings. The molecule has 1 aromatic carbocycles. The summed E-state index contributed by atoms with van der Waals surface area (Å²) in [7, 11) is 0. The molecule has 0 saturated carbocycles. The van der Waals surface area contributed by atoms with Crippen LogP contribution in [0.1, 0.15) is 23.9 Å². The zero-order valence-corrected chi connectivity index (χ0v) is 11.7. The predicted octanol–water partition coefficient (Wildman–Crippen LogP) is 3.61. The fraction of sp³-hybridized carbons (Fsp3) is 0.308. The van der Waals surface area contributed by atoms with Crippen LogP contribution in [0, 0.1) is 24.0 Å². The number of nitrogens with zero attached hydrogens (tertiary/aromatic N) is 3. The third kappa shape index (κ3) is 2.33. The number of hydrogen-bond donors (Lipinski definition) is 0. The maximum absolute atomic E-state index is 10.7. The van der Waals surface area contributed by atoms with Crippen LogP contribution in [-0.2, 0) is 6.42 Å². The van der Waals surface area contributed by atoms with E-state index in [4.69, 9.17) is 11.6 Å². The highest BCUT2D eigenvalue weighted by Crippen LogP contribution is 2.27. The topological polar surface area (TPSA) is 61.0 Å². The van der Waals surface area contributed by atoms with Crippen molar-refractivity contribution in [3.05, 3.63) is 50.3 Å². The lowest BCUT2D eigenvalue weighted by Gasteiger charge is -2.05. The van der Waals surface area contributed by atoms with Crippen molar-refractivity contribution in [1.29, 1.82) is 0 Å². The Balaban J connectivity index is 2.54. The normalized spacial score (nSPS) is 10.7. The van der Waals surface area contributed by atoms with Crippen molar-refractivity contribution in [3.63, 3.8) is 0 Å². The summed E-state index contributed by atoms with van der Waals surface area (Å²) in [6.07, 6.45) is 0.901. The van der Waals surface area contributed by atoms with Gasteiger partial charge >= 0.3 is 0 Å². The summed E-state index contributed by atoms with van der Waals surface area (Å²) in [5.41, 5.74) is 3.83. The van der Waals surface area contributed by atoms with Crippen LogP contribution < -0.4 is 0 Å². The SMILES string of the molecule is CCc1c(C)nn(-c2ccc([N+](=O)[O-])c(Cl)c2)c1C. The Morgan fingerprint density at radius 3 is 2.58 bits per heavy atom. The van der Waals surface area contributed by atoms with E-state index in [2.05, 4.69) is 12.0 Å². The van der Waals surface area contributed by atoms with Crippen LogP contribution >= 0.6 is 11.6 Å². The molecule has 1 heterocycles. The molecule has 6 heteroatoms. The molecule has 0 aliphatic rings. The van der Waals surface area contributed by atoms with E-state index in [9.17, 15) is 10.1 Å². The summed E-state index contributed by atoms with van der Waals surface area (Å²) >= 11 is 5.92. The van der Waals surface area contributed by atoms with Crippen molar-refractivity contribution in [2.45, 2.75) is 27.2 Å². The highest BCUT2D eigenvalue weighted by atomic mass is 35.5. The van der Waals surface area contributed by atoms with Crippen LogP contribution in [0.4, 0.5) is 5.69 Å². The molecular formula is C13H14ClN3O2. The molecule has 0 unspecified atom stereocenters. The molecule has 0 saturated heterocycles. The molecule has 2 rings (SSSR count). The Morgan fingerprint density at radius 1 is 1.42 bits per heavy atom. The highest BCUT2D eigenvalue weighted by Gasteiger charge is 2.16. The first-order chi connectivity index (χ1) is 8.95. The van der Waals surface area contributed by atoms with Crippen LogP contribution in [0.3, 0.4) is 0 Å². The third-order valence-electron chi connectivity index (χ3n) is 3.17. The van der Waals surface area contributed by atoms with Crippen LogP contribution in [-0.4, -0.2) is 14.7 Å². The number of hydrogen-bond acceptors (Lipinski definition) is 3. The molecule has 1 aromatic heterocycles. The van der Waals surface area contributed by atoms with Crippen LogP contribution in [0.5, 0.6) is 0 Å². The van der Waals surface area contributed by atoms with Crippen molar-refractivity contribution >= 4 is 17.3 Å². The van der Waals surface area contributed by atoms with E-state index >= 15 is 0 Å². The number of aromatic nitrogens is 2. The second-order valence-electron chi connectivity index (χ2n) is 4.31. The van der Waals surface area contributed by atoms with Gasteiger partial charge in [0.2, 0.25) is 0 Å². The first-order valence-electron chi connectivity index (χ1n) is 5.95. The van der Waals surface area contributed by atoms with Gasteiger partial charge in [-0.2, -0.15) is 5.10 Å². The van der Waals surface area contributed by atoms with Gasteiger partial charge in [-0.05, 0) is 38.0 Å². The lowest BCUT2D eigenvalue weighted by Crippen LogP contribution is -2.00. The lowest BCUT2D eigenvalue weighted by atomic mass is 10.1. The first-order valence-corrected chi connectivity index (χ1v) is 6.33. The Hall–Kier alpha value is -1.88. The average molecular weight is 280 g/mol. The fourth-order valence-electron chi connectivity index (χ4n) is 2.21. The van der Waals surface area contributed by atoms with E-state index in [1.165, 1.54) is 11.6 Å². The van der Waals surface area contributed by atoms with Crippen molar-refractivity contribution in [1.82, 2.24) is 9.78 Å². The standard InChI is InChI=1S/C13H14ClN3O2/c1-4-11-8(2)15-16(9(11)3)10-5-6-13(17(18)19)12(14)7-10/h5-7H,4H2,1-3H3. The van der Waals surface area contributed by atoms with Gasteiger partial charge in [0.1, 0.15) is 5.02 Å². The quantitative estimate of drug-likeness (QED) is 0.637. The number of nitro groups is 1. The van der Waals surface area contributed by atoms with E-state index in [-0.39, 0.29) is 10.7 Å². The predicted molar refractivity (Wildman–Crippen MR) is 74.1 cm³/mol. The molecule has 100 valence electrons. The number of aryl methyl sites for hydroxylation is 1. The van der Waals surface area contributed by atoms with Crippen molar-refractivity contribution < 1.29 is 4.92 Å². The largest absolute Gasteiger partial charge is 0.288 e. The van der Waals surface area contributed by atoms with E-state index < -0.39 is 4.92 Å². The molecule has 0 atom stereocenters. The van der Waals surface area contributed by atoms with E-state index in [0.717, 1.165) is 23.5 Å². The summed E-state index contributed by atoms with van der Waals surface area (Å²) < 4.78 is 1.77. The highest BCUT2D eigenvalue weighted by molar-refractivity contribution is 6.32. The monoisotopic (exact) mass is 279 g/mol. The lowest BCUT2D eigenvalue weighted by molar-refractivity contribution is -0.384. The van der Waals surface area contributed by atoms with Gasteiger partial charge in [-0.1, -0.05) is 18.5 Å². The zero-order valence-electron chi connectivity index (χ0n) is 11.0. The Morgan fingerprint density at radius 2 is 2.11 bits per heavy atom. The van der Waals surface area contributed by atoms with Gasteiger partial charge in [0, 0.05) is 11.8 Å². The van der Waals surface area contributed by atoms with Gasteiger partial charge in [0.15, 0.2) is 0 Å². The minimum atomic E-state index is -0.495. The summed E-state index contributed by atoms with van der Waals surface area (Å²) in [5, 5.41) is 15.3. The second-order valence-corrected chi connectivity index (χ2v) is 4.71. The first kappa shape index (κ1) is 13.5. The molecule has 0 amide bonds. The molecule has 0 aliphatic heterocycles. The molecule has 0 spiro atoms. The van der Waals surface area contributed by atoms with E-state index in [1.54, 1.807) is 16.8 Å². The number of nitro benzene ring substituents is 1. The molecular weight excluding hydrogens is 266 g/mol. The van der Waals surface area contributed by atoms with Gasteiger partial charge in [-0.25, -0.2) is 4.68 Å². The van der Waals surface area contributed by atoms with Gasteiger partial charge in [-0.3, -0.25) is 10.1 Å². The van der Waals surface area contributed by atoms with Crippen molar-refractivity contribution in [2.75, 3.05) is 0 Å². The van der Waals surface area contributed by atoms with Gasteiger partial charge in [0.05, 0.1) is 16.3 Å². The Kier molecular flexibility index (Phi) is 3.57. The van der Waals surface area contributed by atoms with E-state index in [0.29, 0.717) is 0 Å². The number of halogens is 1. The summed E-state index contributed by atoms with van der Waals surface area (Å²) in [4.78, 5) is 10.2. The maximum Gasteiger partial charge on any atom is 0.288 e. The van der Waals surface area contributed by atoms with Crippen LogP contribution in [0.15, 0.2) is 18.2 Å². The minimum absolute atomic E-state index is 0.0948. The zero-order chi connectivity index (χ0) is 14.2. The van der Waals surface area contributed by atoms with Crippen LogP contribution in [0.2, 0.25) is 5.02 Å². The smallest absolute Gasteiger partial charge is 0.258 e. The van der Waals surface area contributed by atoms with Gasteiger partial charge in [0.25, 0.3) is 5.69 Å². The van der Waals surface area contributed by atoms with Crippen LogP contribution in [0.25, 0.3) is 5.69 Å². The van der Waals surface area contributed by atoms with Gasteiger partial charge < -0.3 is 0 Å². The Bertz CT molecular complexity index is 650. The molecule has 5 nitrogen and oxygen atoms in total. The van der Waals surface area contributed by atoms with Crippen molar-refractivity contribution in [2.24, 2.45) is 0 Å². The maximum atomic E-state index is 10.7. The van der Waals surface area contributed by atoms with E-state index in [1.807, 2.05) is 13.8 Å². The minimum Gasteiger partial charge on any atom is -0.258 e. The molecule has 0 radical (unpaired) electrons. The number of benzene rings is 1. The van der Waals surface area contributed by atoms with Crippen molar-refractivity contribution in [3.8, 4) is 5.69 Å². The molecule has 19 heavy (non-hydrogen) atoms. The molecule has 0 fully saturated rings. The Labute approximate surface area is 116 Å². The summed E-state index contributed by atoms with van der Waals surface area (Å²) in [6, 6.07) is 4.63. The molecule has 0 bridgehead atoms. The number of rotatable bonds is 3. The second kappa shape index (κ2) is 5.01. The molecule has 0 aliphatic carbocycles. The summed E-state index contributed by atoms with van der Waals surface area (Å²) in [5.74, 6) is 0. The average Bonchev–Trinajstić information content (AvgIpc) is 2.63. The fourth-order valence-corrected chi connectivity index (χ4v) is 2.46. The third-order valence-corrected chi connectivity index (χ3v) is 3.47. The van der Waals surface area contributed by atoms with Gasteiger partial charge in [-0.15, -0.1) is 0 Å².